The van der Waals surface area contributed by atoms with Gasteiger partial charge in [0.15, 0.2) is 5.65 Å². The summed E-state index contributed by atoms with van der Waals surface area (Å²) < 4.78 is 9.11. The average molecular weight is 462 g/mol. The lowest BCUT2D eigenvalue weighted by atomic mass is 9.90. The van der Waals surface area contributed by atoms with E-state index in [0.29, 0.717) is 22.6 Å². The molecule has 1 saturated carbocycles. The van der Waals surface area contributed by atoms with Crippen molar-refractivity contribution in [3.63, 3.8) is 0 Å². The highest BCUT2D eigenvalue weighted by molar-refractivity contribution is 6.09. The van der Waals surface area contributed by atoms with E-state index in [0.717, 1.165) is 36.6 Å². The predicted molar refractivity (Wildman–Crippen MR) is 127 cm³/mol. The van der Waals surface area contributed by atoms with Crippen molar-refractivity contribution in [1.82, 2.24) is 29.3 Å². The summed E-state index contributed by atoms with van der Waals surface area (Å²) in [5.74, 6) is 0.248. The molecule has 34 heavy (non-hydrogen) atoms. The van der Waals surface area contributed by atoms with Gasteiger partial charge in [0.25, 0.3) is 5.91 Å². The summed E-state index contributed by atoms with van der Waals surface area (Å²) in [6.45, 7) is 1.61. The number of benzene rings is 1. The molecule has 10 heteroatoms. The number of anilines is 1. The fourth-order valence-corrected chi connectivity index (χ4v) is 4.68. The minimum absolute atomic E-state index is 0.103. The van der Waals surface area contributed by atoms with Crippen molar-refractivity contribution in [3.8, 4) is 5.75 Å². The van der Waals surface area contributed by atoms with Crippen LogP contribution in [0.25, 0.3) is 16.6 Å². The number of ether oxygens (including phenoxy) is 1. The Labute approximate surface area is 196 Å². The lowest BCUT2D eigenvalue weighted by Gasteiger charge is -2.34. The lowest BCUT2D eigenvalue weighted by molar-refractivity contribution is -0.130. The Morgan fingerprint density at radius 2 is 2.00 bits per heavy atom. The number of amides is 2. The van der Waals surface area contributed by atoms with Gasteiger partial charge in [-0.15, -0.1) is 0 Å². The van der Waals surface area contributed by atoms with Crippen molar-refractivity contribution in [2.75, 3.05) is 19.5 Å². The summed E-state index contributed by atoms with van der Waals surface area (Å²) in [7, 11) is 3.41. The number of nitrogens with one attached hydrogen (secondary N) is 1. The highest BCUT2D eigenvalue weighted by atomic mass is 16.5. The summed E-state index contributed by atoms with van der Waals surface area (Å²) in [6.07, 6.45) is 10.8. The molecular weight excluding hydrogens is 434 g/mol. The predicted octanol–water partition coefficient (Wildman–Crippen LogP) is 3.30. The fourth-order valence-electron chi connectivity index (χ4n) is 4.68. The van der Waals surface area contributed by atoms with Crippen molar-refractivity contribution in [2.24, 2.45) is 0 Å². The summed E-state index contributed by atoms with van der Waals surface area (Å²) in [5, 5.41) is 12.7. The maximum absolute atomic E-state index is 13.1. The second kappa shape index (κ2) is 8.77. The highest BCUT2D eigenvalue weighted by Crippen LogP contribution is 2.33. The van der Waals surface area contributed by atoms with E-state index in [9.17, 15) is 9.59 Å². The van der Waals surface area contributed by atoms with Crippen LogP contribution in [0, 0.1) is 0 Å². The molecule has 1 aliphatic carbocycles. The largest absolute Gasteiger partial charge is 0.496 e. The van der Waals surface area contributed by atoms with E-state index >= 15 is 0 Å². The van der Waals surface area contributed by atoms with Gasteiger partial charge in [0, 0.05) is 50.1 Å². The molecule has 3 heterocycles. The number of aromatic nitrogens is 5. The van der Waals surface area contributed by atoms with Crippen LogP contribution in [-0.2, 0) is 4.79 Å². The highest BCUT2D eigenvalue weighted by Gasteiger charge is 2.27. The Bertz CT molecular complexity index is 1370. The van der Waals surface area contributed by atoms with Gasteiger partial charge in [-0.25, -0.2) is 9.50 Å². The molecule has 0 spiro atoms. The second-order valence-corrected chi connectivity index (χ2v) is 8.71. The van der Waals surface area contributed by atoms with Crippen molar-refractivity contribution >= 4 is 34.1 Å². The van der Waals surface area contributed by atoms with Crippen molar-refractivity contribution in [3.05, 3.63) is 48.5 Å². The molecule has 10 nitrogen and oxygen atoms in total. The first kappa shape index (κ1) is 21.9. The molecule has 1 aromatic carbocycles. The van der Waals surface area contributed by atoms with Gasteiger partial charge in [0.1, 0.15) is 11.4 Å². The van der Waals surface area contributed by atoms with E-state index in [-0.39, 0.29) is 23.9 Å². The number of rotatable bonds is 5. The second-order valence-electron chi connectivity index (χ2n) is 8.71. The van der Waals surface area contributed by atoms with Gasteiger partial charge >= 0.3 is 0 Å². The van der Waals surface area contributed by atoms with Gasteiger partial charge in [-0.3, -0.25) is 14.3 Å². The quantitative estimate of drug-likeness (QED) is 0.489. The van der Waals surface area contributed by atoms with Crippen LogP contribution < -0.4 is 10.1 Å². The van der Waals surface area contributed by atoms with E-state index in [1.807, 2.05) is 22.8 Å². The molecule has 1 aliphatic rings. The van der Waals surface area contributed by atoms with Gasteiger partial charge in [-0.2, -0.15) is 10.2 Å². The van der Waals surface area contributed by atoms with Crippen molar-refractivity contribution in [1.29, 1.82) is 0 Å². The Morgan fingerprint density at radius 1 is 1.21 bits per heavy atom. The van der Waals surface area contributed by atoms with Crippen molar-refractivity contribution < 1.29 is 14.3 Å². The third-order valence-corrected chi connectivity index (χ3v) is 6.70. The molecule has 0 radical (unpaired) electrons. The van der Waals surface area contributed by atoms with Crippen LogP contribution in [0.5, 0.6) is 5.75 Å². The minimum atomic E-state index is -0.306. The zero-order valence-corrected chi connectivity index (χ0v) is 19.4. The first-order chi connectivity index (χ1) is 16.4. The van der Waals surface area contributed by atoms with Crippen LogP contribution in [0.2, 0.25) is 0 Å². The molecule has 0 aliphatic heterocycles. The molecule has 1 fully saturated rings. The van der Waals surface area contributed by atoms with Crippen LogP contribution in [-0.4, -0.2) is 61.3 Å². The van der Waals surface area contributed by atoms with Crippen molar-refractivity contribution in [2.45, 2.75) is 44.7 Å². The van der Waals surface area contributed by atoms with Crippen LogP contribution >= 0.6 is 0 Å². The third-order valence-electron chi connectivity index (χ3n) is 6.70. The van der Waals surface area contributed by atoms with Gasteiger partial charge in [0.2, 0.25) is 5.91 Å². The first-order valence-corrected chi connectivity index (χ1v) is 11.3. The Kier molecular flexibility index (Phi) is 5.64. The molecule has 2 amide bonds. The monoisotopic (exact) mass is 461 g/mol. The zero-order valence-electron chi connectivity index (χ0n) is 19.4. The maximum Gasteiger partial charge on any atom is 0.259 e. The number of hydrogen-bond donors (Lipinski definition) is 1. The lowest BCUT2D eigenvalue weighted by Crippen LogP contribution is -2.38. The van der Waals surface area contributed by atoms with E-state index in [2.05, 4.69) is 15.4 Å². The number of nitrogens with zero attached hydrogens (tertiary/aromatic N) is 6. The summed E-state index contributed by atoms with van der Waals surface area (Å²) in [6, 6.07) is 5.92. The molecule has 0 unspecified atom stereocenters. The van der Waals surface area contributed by atoms with Crippen LogP contribution in [0.3, 0.4) is 0 Å². The van der Waals surface area contributed by atoms with Crippen LogP contribution in [0.4, 0.5) is 5.69 Å². The number of methoxy groups -OCH3 is 1. The van der Waals surface area contributed by atoms with Crippen LogP contribution in [0.15, 0.2) is 43.0 Å². The Balaban J connectivity index is 1.38. The molecular formula is C24H27N7O3. The molecule has 0 bridgehead atoms. The van der Waals surface area contributed by atoms with Crippen LogP contribution in [0.1, 0.15) is 49.0 Å². The molecule has 3 aromatic heterocycles. The Morgan fingerprint density at radius 3 is 2.74 bits per heavy atom. The topological polar surface area (TPSA) is 107 Å². The number of carbonyl (C=O) groups excluding carboxylic acids is 2. The summed E-state index contributed by atoms with van der Waals surface area (Å²) in [5.41, 5.74) is 2.27. The smallest absolute Gasteiger partial charge is 0.259 e. The molecule has 4 aromatic rings. The molecule has 1 N–H and O–H groups in total. The van der Waals surface area contributed by atoms with Gasteiger partial charge < -0.3 is 15.0 Å². The van der Waals surface area contributed by atoms with Gasteiger partial charge in [0.05, 0.1) is 30.4 Å². The third kappa shape index (κ3) is 3.95. The van der Waals surface area contributed by atoms with E-state index in [1.165, 1.54) is 0 Å². The summed E-state index contributed by atoms with van der Waals surface area (Å²) >= 11 is 0. The summed E-state index contributed by atoms with van der Waals surface area (Å²) in [4.78, 5) is 30.9. The zero-order chi connectivity index (χ0) is 23.8. The van der Waals surface area contributed by atoms with Gasteiger partial charge in [-0.1, -0.05) is 0 Å². The average Bonchev–Trinajstić information content (AvgIpc) is 3.46. The molecule has 5 rings (SSSR count). The Hall–Kier alpha value is -3.95. The molecule has 176 valence electrons. The maximum atomic E-state index is 13.1. The molecule has 0 saturated heterocycles. The van der Waals surface area contributed by atoms with E-state index in [4.69, 9.17) is 9.84 Å². The number of fused-ring (bicyclic) bond motifs is 2. The van der Waals surface area contributed by atoms with E-state index < -0.39 is 0 Å². The minimum Gasteiger partial charge on any atom is -0.496 e. The normalized spacial score (nSPS) is 18.2. The van der Waals surface area contributed by atoms with Gasteiger partial charge in [-0.05, 0) is 37.8 Å². The standard InChI is InChI=1S/C24H27N7O3/c1-15(32)29(2)17-5-7-18(8-6-17)31-14-16-11-19(22(34-3)12-20(16)28-31)24(33)27-21-13-26-30-10-4-9-25-23(21)30/h4,9-14,17-18H,5-8H2,1-3H3,(H,27,33)/t17-,18+. The SMILES string of the molecule is COc1cc2nn([C@H]3CC[C@@H](N(C)C(C)=O)CC3)cc2cc1C(=O)Nc1cnn2cccnc12. The number of carbonyl (C=O) groups is 2. The number of hydrogen-bond acceptors (Lipinski definition) is 6. The van der Waals surface area contributed by atoms with E-state index in [1.54, 1.807) is 55.3 Å². The first-order valence-electron chi connectivity index (χ1n) is 11.3. The molecule has 0 atom stereocenters. The fraction of sp³-hybridized carbons (Fsp3) is 0.375.